The zero-order chi connectivity index (χ0) is 11.5. The van der Waals surface area contributed by atoms with Crippen molar-refractivity contribution in [1.82, 2.24) is 15.1 Å². The molecule has 0 saturated carbocycles. The summed E-state index contributed by atoms with van der Waals surface area (Å²) in [6, 6.07) is 0. The van der Waals surface area contributed by atoms with Crippen molar-refractivity contribution in [3.8, 4) is 0 Å². The van der Waals surface area contributed by atoms with E-state index in [0.29, 0.717) is 11.9 Å². The summed E-state index contributed by atoms with van der Waals surface area (Å²) >= 11 is 0. The Hall–Kier alpha value is -0.450. The van der Waals surface area contributed by atoms with Crippen LogP contribution in [-0.4, -0.2) is 61.5 Å². The van der Waals surface area contributed by atoms with Crippen molar-refractivity contribution < 1.29 is 4.79 Å². The highest BCUT2D eigenvalue weighted by atomic mass is 16.1. The standard InChI is InChI=1S/C12H23N3O/c1-10(16)11-3-4-13-12(9-11)15-7-5-14(2)6-8-15/h11-13H,3-9H2,1-2H3. The Morgan fingerprint density at radius 3 is 2.56 bits per heavy atom. The van der Waals surface area contributed by atoms with Gasteiger partial charge in [0, 0.05) is 32.1 Å². The zero-order valence-corrected chi connectivity index (χ0v) is 10.4. The van der Waals surface area contributed by atoms with Gasteiger partial charge in [0.1, 0.15) is 5.78 Å². The number of piperidine rings is 1. The summed E-state index contributed by atoms with van der Waals surface area (Å²) in [6.07, 6.45) is 2.44. The van der Waals surface area contributed by atoms with E-state index < -0.39 is 0 Å². The van der Waals surface area contributed by atoms with Gasteiger partial charge in [0.05, 0.1) is 6.17 Å². The van der Waals surface area contributed by atoms with Crippen molar-refractivity contribution in [2.45, 2.75) is 25.9 Å². The fourth-order valence-electron chi connectivity index (χ4n) is 2.68. The average Bonchev–Trinajstić information content (AvgIpc) is 2.30. The van der Waals surface area contributed by atoms with Crippen molar-refractivity contribution in [3.63, 3.8) is 0 Å². The monoisotopic (exact) mass is 225 g/mol. The van der Waals surface area contributed by atoms with Gasteiger partial charge in [-0.3, -0.25) is 9.69 Å². The number of nitrogens with zero attached hydrogens (tertiary/aromatic N) is 2. The van der Waals surface area contributed by atoms with Crippen LogP contribution in [0.25, 0.3) is 0 Å². The van der Waals surface area contributed by atoms with E-state index in [2.05, 4.69) is 22.2 Å². The molecule has 0 amide bonds. The topological polar surface area (TPSA) is 35.6 Å². The lowest BCUT2D eigenvalue weighted by Gasteiger charge is -2.41. The van der Waals surface area contributed by atoms with E-state index in [9.17, 15) is 4.79 Å². The van der Waals surface area contributed by atoms with Crippen molar-refractivity contribution in [1.29, 1.82) is 0 Å². The summed E-state index contributed by atoms with van der Waals surface area (Å²) in [7, 11) is 2.17. The van der Waals surface area contributed by atoms with Crippen LogP contribution in [0, 0.1) is 5.92 Å². The second-order valence-electron chi connectivity index (χ2n) is 5.14. The lowest BCUT2D eigenvalue weighted by Crippen LogP contribution is -2.56. The third kappa shape index (κ3) is 2.81. The van der Waals surface area contributed by atoms with E-state index in [4.69, 9.17) is 0 Å². The number of Topliss-reactive ketones (excluding diaryl/α,β-unsaturated/α-hetero) is 1. The van der Waals surface area contributed by atoms with Crippen LogP contribution in [0.4, 0.5) is 0 Å². The van der Waals surface area contributed by atoms with Crippen LogP contribution in [0.3, 0.4) is 0 Å². The fraction of sp³-hybridized carbons (Fsp3) is 0.917. The Balaban J connectivity index is 1.87. The molecular formula is C12H23N3O. The van der Waals surface area contributed by atoms with E-state index in [0.717, 1.165) is 45.6 Å². The minimum atomic E-state index is 0.283. The lowest BCUT2D eigenvalue weighted by molar-refractivity contribution is -0.122. The molecular weight excluding hydrogens is 202 g/mol. The van der Waals surface area contributed by atoms with Gasteiger partial charge in [-0.25, -0.2) is 0 Å². The lowest BCUT2D eigenvalue weighted by atomic mass is 9.92. The summed E-state index contributed by atoms with van der Waals surface area (Å²) in [5, 5.41) is 3.54. The molecule has 1 N–H and O–H groups in total. The number of likely N-dealkylation sites (N-methyl/N-ethyl adjacent to an activating group) is 1. The summed E-state index contributed by atoms with van der Waals surface area (Å²) in [5.41, 5.74) is 0. The third-order valence-corrected chi connectivity index (χ3v) is 3.93. The molecule has 92 valence electrons. The fourth-order valence-corrected chi connectivity index (χ4v) is 2.68. The van der Waals surface area contributed by atoms with Crippen LogP contribution in [0.5, 0.6) is 0 Å². The van der Waals surface area contributed by atoms with E-state index in [1.807, 2.05) is 0 Å². The number of carbonyl (C=O) groups excluding carboxylic acids is 1. The summed E-state index contributed by atoms with van der Waals surface area (Å²) in [5.74, 6) is 0.645. The maximum Gasteiger partial charge on any atom is 0.133 e. The number of ketones is 1. The van der Waals surface area contributed by atoms with Gasteiger partial charge in [0.2, 0.25) is 0 Å². The number of piperazine rings is 1. The van der Waals surface area contributed by atoms with Crippen LogP contribution >= 0.6 is 0 Å². The Kier molecular flexibility index (Phi) is 3.95. The molecule has 2 saturated heterocycles. The Labute approximate surface area is 98.0 Å². The van der Waals surface area contributed by atoms with Crippen molar-refractivity contribution >= 4 is 5.78 Å². The molecule has 16 heavy (non-hydrogen) atoms. The van der Waals surface area contributed by atoms with Gasteiger partial charge < -0.3 is 10.2 Å². The maximum atomic E-state index is 11.4. The van der Waals surface area contributed by atoms with Crippen LogP contribution in [0.1, 0.15) is 19.8 Å². The molecule has 4 heteroatoms. The first kappa shape index (κ1) is 12.0. The van der Waals surface area contributed by atoms with E-state index in [1.165, 1.54) is 0 Å². The molecule has 2 aliphatic rings. The highest BCUT2D eigenvalue weighted by molar-refractivity contribution is 5.78. The second-order valence-corrected chi connectivity index (χ2v) is 5.14. The molecule has 4 nitrogen and oxygen atoms in total. The highest BCUT2D eigenvalue weighted by Gasteiger charge is 2.29. The summed E-state index contributed by atoms with van der Waals surface area (Å²) in [4.78, 5) is 16.3. The molecule has 0 aromatic rings. The molecule has 0 radical (unpaired) electrons. The van der Waals surface area contributed by atoms with Gasteiger partial charge in [-0.2, -0.15) is 0 Å². The van der Waals surface area contributed by atoms with Crippen LogP contribution in [0.15, 0.2) is 0 Å². The minimum Gasteiger partial charge on any atom is -0.304 e. The largest absolute Gasteiger partial charge is 0.304 e. The predicted octanol–water partition coefficient (Wildman–Crippen LogP) is 0.149. The van der Waals surface area contributed by atoms with Crippen molar-refractivity contribution in [2.24, 2.45) is 5.92 Å². The van der Waals surface area contributed by atoms with E-state index in [1.54, 1.807) is 6.92 Å². The van der Waals surface area contributed by atoms with Gasteiger partial charge in [0.15, 0.2) is 0 Å². The molecule has 0 aromatic heterocycles. The minimum absolute atomic E-state index is 0.283. The molecule has 0 aliphatic carbocycles. The van der Waals surface area contributed by atoms with Gasteiger partial charge in [-0.05, 0) is 33.4 Å². The normalized spacial score (nSPS) is 33.9. The Bertz CT molecular complexity index is 249. The first-order valence-electron chi connectivity index (χ1n) is 6.33. The molecule has 2 rings (SSSR count). The molecule has 0 aromatic carbocycles. The first-order chi connectivity index (χ1) is 7.66. The third-order valence-electron chi connectivity index (χ3n) is 3.93. The molecule has 2 heterocycles. The number of carbonyl (C=O) groups is 1. The molecule has 2 fully saturated rings. The maximum absolute atomic E-state index is 11.4. The predicted molar refractivity (Wildman–Crippen MR) is 64.3 cm³/mol. The molecule has 0 bridgehead atoms. The van der Waals surface area contributed by atoms with Crippen molar-refractivity contribution in [3.05, 3.63) is 0 Å². The molecule has 2 aliphatic heterocycles. The Morgan fingerprint density at radius 1 is 1.25 bits per heavy atom. The van der Waals surface area contributed by atoms with Gasteiger partial charge in [0.25, 0.3) is 0 Å². The van der Waals surface area contributed by atoms with Crippen LogP contribution < -0.4 is 5.32 Å². The van der Waals surface area contributed by atoms with Gasteiger partial charge >= 0.3 is 0 Å². The molecule has 2 unspecified atom stereocenters. The summed E-state index contributed by atoms with van der Waals surface area (Å²) in [6.45, 7) is 7.25. The van der Waals surface area contributed by atoms with Gasteiger partial charge in [-0.15, -0.1) is 0 Å². The zero-order valence-electron chi connectivity index (χ0n) is 10.4. The molecule has 2 atom stereocenters. The van der Waals surface area contributed by atoms with E-state index >= 15 is 0 Å². The first-order valence-corrected chi connectivity index (χ1v) is 6.33. The number of nitrogens with one attached hydrogen (secondary N) is 1. The Morgan fingerprint density at radius 2 is 1.94 bits per heavy atom. The van der Waals surface area contributed by atoms with Crippen LogP contribution in [0.2, 0.25) is 0 Å². The highest BCUT2D eigenvalue weighted by Crippen LogP contribution is 2.20. The SMILES string of the molecule is CC(=O)C1CCNC(N2CCN(C)CC2)C1. The quantitative estimate of drug-likeness (QED) is 0.725. The number of hydrogen-bond donors (Lipinski definition) is 1. The second kappa shape index (κ2) is 5.25. The molecule has 0 spiro atoms. The summed E-state index contributed by atoms with van der Waals surface area (Å²) < 4.78 is 0. The average molecular weight is 225 g/mol. The number of rotatable bonds is 2. The van der Waals surface area contributed by atoms with Crippen LogP contribution in [-0.2, 0) is 4.79 Å². The smallest absolute Gasteiger partial charge is 0.133 e. The number of hydrogen-bond acceptors (Lipinski definition) is 4. The van der Waals surface area contributed by atoms with Gasteiger partial charge in [-0.1, -0.05) is 0 Å². The van der Waals surface area contributed by atoms with E-state index in [-0.39, 0.29) is 5.92 Å². The van der Waals surface area contributed by atoms with Crippen molar-refractivity contribution in [2.75, 3.05) is 39.8 Å².